The molecule has 0 fully saturated rings. The molecule has 0 rings (SSSR count). The number of ether oxygens (including phenoxy) is 3. The van der Waals surface area contributed by atoms with Crippen LogP contribution in [-0.2, 0) is 19.2 Å². The number of methoxy groups -OCH3 is 1. The third-order valence-corrected chi connectivity index (χ3v) is 4.83. The quantitative estimate of drug-likeness (QED) is 0.156. The third kappa shape index (κ3) is 54.2. The van der Waals surface area contributed by atoms with Gasteiger partial charge in [0.15, 0.2) is 5.56 Å². The van der Waals surface area contributed by atoms with Crippen LogP contribution in [0.3, 0.4) is 0 Å². The number of halogens is 25. The predicted molar refractivity (Wildman–Crippen MR) is 139 cm³/mol. The smallest absolute Gasteiger partial charge is 0.390 e. The Morgan fingerprint density at radius 3 is 1.12 bits per heavy atom. The minimum atomic E-state index is -5.12. The van der Waals surface area contributed by atoms with Crippen LogP contribution < -0.4 is 0 Å². The van der Waals surface area contributed by atoms with Crippen molar-refractivity contribution >= 4 is 140 Å². The summed E-state index contributed by atoms with van der Waals surface area (Å²) in [6.07, 6.45) is -15.3. The normalized spacial score (nSPS) is 13.5. The van der Waals surface area contributed by atoms with Gasteiger partial charge in [-0.2, -0.15) is 4.39 Å². The van der Waals surface area contributed by atoms with Gasteiger partial charge in [0.25, 0.3) is 9.11 Å². The first kappa shape index (κ1) is 59.2. The van der Waals surface area contributed by atoms with Crippen molar-refractivity contribution in [3.8, 4) is 0 Å². The summed E-state index contributed by atoms with van der Waals surface area (Å²) in [5.41, 5.74) is -2.89. The Bertz CT molecular complexity index is 707. The van der Waals surface area contributed by atoms with Crippen LogP contribution in [-0.4, -0.2) is 46.5 Å². The highest BCUT2D eigenvalue weighted by atomic mass is 35.5. The molecule has 0 aliphatic carbocycles. The molecule has 0 N–H and O–H groups in total. The van der Waals surface area contributed by atoms with Crippen molar-refractivity contribution in [2.75, 3.05) is 7.11 Å². The van der Waals surface area contributed by atoms with E-state index >= 15 is 0 Å². The van der Waals surface area contributed by atoms with E-state index in [2.05, 4.69) is 72.2 Å². The van der Waals surface area contributed by atoms with Crippen LogP contribution in [0.2, 0.25) is 0 Å². The third-order valence-electron chi connectivity index (χ3n) is 1.49. The van der Waals surface area contributed by atoms with Gasteiger partial charge in [0, 0.05) is 12.6 Å². The Morgan fingerprint density at radius 1 is 0.762 bits per heavy atom. The molecule has 0 amide bonds. The maximum absolute atomic E-state index is 12.1. The molecule has 0 aromatic carbocycles. The lowest BCUT2D eigenvalue weighted by Crippen LogP contribution is -2.33. The molecule has 0 saturated heterocycles. The van der Waals surface area contributed by atoms with Gasteiger partial charge in [-0.05, 0) is 27.7 Å². The standard InChI is InChI=1S/C3HCl3F4O.C3H4Cl3FO.C3Cl2F4O.C2HCl3.CF4O.CH4.ClH/c4-1(7)2(5,6)11-3(8,9)10;1-8-2(4)3(5,6)7;4-1(6)2(5)10-3(7,8)9;3-1-2(4)5;2-1(3,4)6-5;;/h1H;2H,1H3;;1H;;1H4;1H/b;;2-1+;;;;. The second-order valence-electron chi connectivity index (χ2n) is 4.51. The van der Waals surface area contributed by atoms with Crippen LogP contribution in [0.4, 0.5) is 57.2 Å². The summed E-state index contributed by atoms with van der Waals surface area (Å²) in [4.78, 5) is 1.44. The van der Waals surface area contributed by atoms with Crippen molar-refractivity contribution in [3.63, 3.8) is 0 Å². The average molecular weight is 904 g/mol. The van der Waals surface area contributed by atoms with Crippen molar-refractivity contribution in [1.29, 1.82) is 0 Å². The van der Waals surface area contributed by atoms with Gasteiger partial charge in [-0.3, -0.25) is 4.74 Å². The van der Waals surface area contributed by atoms with Gasteiger partial charge in [-0.15, -0.1) is 51.9 Å². The summed E-state index contributed by atoms with van der Waals surface area (Å²) < 4.78 is 148. The van der Waals surface area contributed by atoms with E-state index in [0.29, 0.717) is 0 Å². The van der Waals surface area contributed by atoms with E-state index in [1.807, 2.05) is 0 Å². The topological polar surface area (TPSA) is 36.9 Å². The van der Waals surface area contributed by atoms with Crippen LogP contribution in [0, 0.1) is 0 Å². The second-order valence-corrected chi connectivity index (χ2v) is 9.80. The molecule has 0 aromatic heterocycles. The van der Waals surface area contributed by atoms with E-state index < -0.39 is 49.9 Å². The second kappa shape index (κ2) is 27.8. The zero-order valence-electron chi connectivity index (χ0n) is 17.8. The summed E-state index contributed by atoms with van der Waals surface area (Å²) in [5, 5.41) is -3.26. The number of hydrogen-bond acceptors (Lipinski definition) is 4. The number of alkyl halides is 17. The van der Waals surface area contributed by atoms with Crippen LogP contribution in [0.15, 0.2) is 20.5 Å². The molecule has 0 heterocycles. The molecule has 0 aromatic rings. The lowest BCUT2D eigenvalue weighted by molar-refractivity contribution is -0.416. The maximum Gasteiger partial charge on any atom is 0.573 e. The molecular formula is C13H11Cl12F13O4. The van der Waals surface area contributed by atoms with Crippen molar-refractivity contribution in [1.82, 2.24) is 0 Å². The number of hydrogen-bond donors (Lipinski definition) is 0. The first-order valence-electron chi connectivity index (χ1n) is 7.40. The molecule has 42 heavy (non-hydrogen) atoms. The molecule has 4 nitrogen and oxygen atoms in total. The Hall–Kier alpha value is 1.73. The van der Waals surface area contributed by atoms with E-state index in [0.717, 1.165) is 5.54 Å². The van der Waals surface area contributed by atoms with Crippen molar-refractivity contribution < 1.29 is 76.4 Å². The highest BCUT2D eigenvalue weighted by Crippen LogP contribution is 2.37. The van der Waals surface area contributed by atoms with E-state index in [1.165, 1.54) is 12.1 Å². The Labute approximate surface area is 289 Å². The van der Waals surface area contributed by atoms with Gasteiger partial charge in [-0.1, -0.05) is 117 Å². The molecule has 0 bridgehead atoms. The molecule has 0 aliphatic rings. The Balaban J connectivity index is -0.0000000740. The van der Waals surface area contributed by atoms with Crippen molar-refractivity contribution in [3.05, 3.63) is 20.5 Å². The summed E-state index contributed by atoms with van der Waals surface area (Å²) in [7, 11) is 1.21. The highest BCUT2D eigenvalue weighted by Gasteiger charge is 2.46. The molecule has 0 spiro atoms. The van der Waals surface area contributed by atoms with Crippen LogP contribution >= 0.6 is 140 Å². The first-order chi connectivity index (χ1) is 17.3. The lowest BCUT2D eigenvalue weighted by Gasteiger charge is -2.20. The highest BCUT2D eigenvalue weighted by molar-refractivity contribution is 6.58. The van der Waals surface area contributed by atoms with Crippen LogP contribution in [0.25, 0.3) is 0 Å². The molecule has 29 heteroatoms. The average Bonchev–Trinajstić information content (AvgIpc) is 2.70. The first-order valence-corrected chi connectivity index (χ1v) is 11.7. The fourth-order valence-corrected chi connectivity index (χ4v) is 0.996. The zero-order valence-corrected chi connectivity index (χ0v) is 27.0. The fourth-order valence-electron chi connectivity index (χ4n) is 0.473. The van der Waals surface area contributed by atoms with Gasteiger partial charge < -0.3 is 9.47 Å². The largest absolute Gasteiger partial charge is 0.573 e. The SMILES string of the molecule is C.COC(Cl)C(F)(Cl)Cl.Cl.ClC=C(Cl)Cl.F/C(Cl)=C(\Cl)OC(F)(F)F.FC(Cl)C(Cl)(Cl)OC(F)(F)F.FOC(F)(F)F. The molecule has 0 saturated carbocycles. The van der Waals surface area contributed by atoms with Gasteiger partial charge in [0.2, 0.25) is 16.1 Å². The van der Waals surface area contributed by atoms with Crippen LogP contribution in [0.5, 0.6) is 0 Å². The van der Waals surface area contributed by atoms with Gasteiger partial charge in [-0.25, -0.2) is 8.78 Å². The molecular weight excluding hydrogens is 893 g/mol. The molecule has 262 valence electrons. The van der Waals surface area contributed by atoms with Gasteiger partial charge in [0.05, 0.1) is 0 Å². The molecule has 0 aliphatic heterocycles. The lowest BCUT2D eigenvalue weighted by atomic mass is 10.8. The van der Waals surface area contributed by atoms with E-state index in [4.69, 9.17) is 69.6 Å². The van der Waals surface area contributed by atoms with Crippen molar-refractivity contribution in [2.45, 2.75) is 46.8 Å². The summed E-state index contributed by atoms with van der Waals surface area (Å²) in [6, 6.07) is 0. The van der Waals surface area contributed by atoms with Gasteiger partial charge >= 0.3 is 19.1 Å². The van der Waals surface area contributed by atoms with E-state index in [9.17, 15) is 57.2 Å². The fraction of sp³-hybridized carbons (Fsp3) is 0.692. The summed E-state index contributed by atoms with van der Waals surface area (Å²) >= 11 is 52.3. The predicted octanol–water partition coefficient (Wildman–Crippen LogP) is 13.6. The van der Waals surface area contributed by atoms with Gasteiger partial charge in [0.1, 0.15) is 4.49 Å². The minimum absolute atomic E-state index is 0. The zero-order chi connectivity index (χ0) is 33.9. The molecule has 2 atom stereocenters. The minimum Gasteiger partial charge on any atom is -0.390 e. The molecule has 2 unspecified atom stereocenters. The monoisotopic (exact) mass is 898 g/mol. The van der Waals surface area contributed by atoms with E-state index in [1.54, 1.807) is 0 Å². The Morgan fingerprint density at radius 2 is 1.07 bits per heavy atom. The number of rotatable bonds is 5. The van der Waals surface area contributed by atoms with E-state index in [-0.39, 0.29) is 24.3 Å². The van der Waals surface area contributed by atoms with Crippen molar-refractivity contribution in [2.24, 2.45) is 0 Å². The summed E-state index contributed by atoms with van der Waals surface area (Å²) in [6.45, 7) is 0. The Kier molecular flexibility index (Phi) is 39.2. The molecule has 0 radical (unpaired) electrons. The van der Waals surface area contributed by atoms with Crippen LogP contribution in [0.1, 0.15) is 7.43 Å². The maximum atomic E-state index is 12.1. The summed E-state index contributed by atoms with van der Waals surface area (Å²) in [5.74, 6) is 0.